The summed E-state index contributed by atoms with van der Waals surface area (Å²) in [4.78, 5) is 19.6. The number of benzene rings is 1. The van der Waals surface area contributed by atoms with Gasteiger partial charge in [-0.2, -0.15) is 0 Å². The van der Waals surface area contributed by atoms with Crippen molar-refractivity contribution in [2.75, 3.05) is 12.3 Å². The Balaban J connectivity index is 2.09. The second-order valence-electron chi connectivity index (χ2n) is 4.35. The highest BCUT2D eigenvalue weighted by molar-refractivity contribution is 7.99. The summed E-state index contributed by atoms with van der Waals surface area (Å²) in [6.45, 7) is 2.71. The molecule has 0 saturated carbocycles. The fraction of sp³-hybridized carbons (Fsp3) is 0.357. The molecule has 0 saturated heterocycles. The van der Waals surface area contributed by atoms with E-state index in [9.17, 15) is 9.90 Å². The number of aromatic nitrogens is 2. The lowest BCUT2D eigenvalue weighted by atomic mass is 10.2. The maximum atomic E-state index is 11.2. The zero-order chi connectivity index (χ0) is 14.4. The third kappa shape index (κ3) is 3.68. The monoisotopic (exact) mass is 291 g/mol. The van der Waals surface area contributed by atoms with E-state index in [0.717, 1.165) is 22.3 Å². The van der Waals surface area contributed by atoms with Gasteiger partial charge in [-0.05, 0) is 19.0 Å². The van der Waals surface area contributed by atoms with E-state index in [1.165, 1.54) is 18.1 Å². The van der Waals surface area contributed by atoms with Crippen molar-refractivity contribution in [2.45, 2.75) is 24.4 Å². The number of hydrogen-bond acceptors (Lipinski definition) is 5. The first-order valence-corrected chi connectivity index (χ1v) is 7.49. The Labute approximate surface area is 121 Å². The van der Waals surface area contributed by atoms with E-state index >= 15 is 0 Å². The molecule has 2 rings (SSSR count). The lowest BCUT2D eigenvalue weighted by Gasteiger charge is -2.13. The summed E-state index contributed by atoms with van der Waals surface area (Å²) in [6.07, 6.45) is 2.42. The van der Waals surface area contributed by atoms with Crippen molar-refractivity contribution >= 4 is 28.6 Å². The molecule has 0 spiro atoms. The summed E-state index contributed by atoms with van der Waals surface area (Å²) in [5.41, 5.74) is 0.874. The topological polar surface area (TPSA) is 75.1 Å². The molecule has 1 aromatic carbocycles. The SMILES string of the molecule is CCCNC(CSc1ncnc2ccccc12)C(=O)O. The van der Waals surface area contributed by atoms with Crippen LogP contribution < -0.4 is 5.32 Å². The molecule has 0 amide bonds. The van der Waals surface area contributed by atoms with E-state index in [2.05, 4.69) is 15.3 Å². The quantitative estimate of drug-likeness (QED) is 0.601. The highest BCUT2D eigenvalue weighted by Crippen LogP contribution is 2.24. The van der Waals surface area contributed by atoms with Crippen LogP contribution in [0.2, 0.25) is 0 Å². The lowest BCUT2D eigenvalue weighted by Crippen LogP contribution is -2.39. The summed E-state index contributed by atoms with van der Waals surface area (Å²) in [7, 11) is 0. The maximum absolute atomic E-state index is 11.2. The minimum Gasteiger partial charge on any atom is -0.480 e. The normalized spacial score (nSPS) is 12.4. The van der Waals surface area contributed by atoms with Gasteiger partial charge in [0, 0.05) is 11.1 Å². The van der Waals surface area contributed by atoms with Gasteiger partial charge < -0.3 is 10.4 Å². The Morgan fingerprint density at radius 1 is 1.40 bits per heavy atom. The van der Waals surface area contributed by atoms with Crippen molar-refractivity contribution < 1.29 is 9.90 Å². The van der Waals surface area contributed by atoms with Crippen LogP contribution in [0.15, 0.2) is 35.6 Å². The van der Waals surface area contributed by atoms with Crippen molar-refractivity contribution in [3.63, 3.8) is 0 Å². The van der Waals surface area contributed by atoms with E-state index in [-0.39, 0.29) is 0 Å². The van der Waals surface area contributed by atoms with Crippen LogP contribution in [0.25, 0.3) is 10.9 Å². The zero-order valence-electron chi connectivity index (χ0n) is 11.2. The van der Waals surface area contributed by atoms with Crippen molar-refractivity contribution in [3.8, 4) is 0 Å². The Bertz CT molecular complexity index is 586. The predicted molar refractivity (Wildman–Crippen MR) is 80.0 cm³/mol. The Hall–Kier alpha value is -1.66. The van der Waals surface area contributed by atoms with Crippen LogP contribution in [-0.4, -0.2) is 39.4 Å². The molecule has 0 fully saturated rings. The van der Waals surface area contributed by atoms with Crippen LogP contribution in [0.4, 0.5) is 0 Å². The van der Waals surface area contributed by atoms with Gasteiger partial charge in [-0.15, -0.1) is 11.8 Å². The summed E-state index contributed by atoms with van der Waals surface area (Å²) < 4.78 is 0. The van der Waals surface area contributed by atoms with Crippen molar-refractivity contribution in [2.24, 2.45) is 0 Å². The molecule has 1 aromatic heterocycles. The van der Waals surface area contributed by atoms with Crippen LogP contribution in [-0.2, 0) is 4.79 Å². The molecule has 0 bridgehead atoms. The third-order valence-corrected chi connectivity index (χ3v) is 3.93. The molecule has 0 aliphatic heterocycles. The van der Waals surface area contributed by atoms with Crippen LogP contribution in [0.5, 0.6) is 0 Å². The Morgan fingerprint density at radius 2 is 2.20 bits per heavy atom. The third-order valence-electron chi connectivity index (χ3n) is 2.83. The average Bonchev–Trinajstić information content (AvgIpc) is 2.47. The second-order valence-corrected chi connectivity index (χ2v) is 5.36. The summed E-state index contributed by atoms with van der Waals surface area (Å²) in [5.74, 6) is -0.389. The van der Waals surface area contributed by atoms with Gasteiger partial charge in [0.25, 0.3) is 0 Å². The van der Waals surface area contributed by atoms with Gasteiger partial charge in [0.05, 0.1) is 5.52 Å². The molecule has 1 unspecified atom stereocenters. The first-order chi connectivity index (χ1) is 9.72. The van der Waals surface area contributed by atoms with Crippen molar-refractivity contribution in [1.82, 2.24) is 15.3 Å². The number of carboxylic acids is 1. The number of nitrogens with one attached hydrogen (secondary N) is 1. The van der Waals surface area contributed by atoms with Crippen molar-refractivity contribution in [1.29, 1.82) is 0 Å². The molecule has 106 valence electrons. The fourth-order valence-corrected chi connectivity index (χ4v) is 2.83. The van der Waals surface area contributed by atoms with Gasteiger partial charge >= 0.3 is 5.97 Å². The van der Waals surface area contributed by atoms with E-state index in [1.54, 1.807) is 0 Å². The highest BCUT2D eigenvalue weighted by atomic mass is 32.2. The van der Waals surface area contributed by atoms with E-state index in [0.29, 0.717) is 12.3 Å². The number of para-hydroxylation sites is 1. The van der Waals surface area contributed by atoms with Crippen LogP contribution in [0.3, 0.4) is 0 Å². The molecule has 0 aliphatic rings. The number of nitrogens with zero attached hydrogens (tertiary/aromatic N) is 2. The van der Waals surface area contributed by atoms with Gasteiger partial charge in [-0.3, -0.25) is 4.79 Å². The molecule has 2 N–H and O–H groups in total. The van der Waals surface area contributed by atoms with Gasteiger partial charge in [0.2, 0.25) is 0 Å². The number of thioether (sulfide) groups is 1. The molecular weight excluding hydrogens is 274 g/mol. The Morgan fingerprint density at radius 3 is 2.95 bits per heavy atom. The van der Waals surface area contributed by atoms with E-state index in [4.69, 9.17) is 0 Å². The number of fused-ring (bicyclic) bond motifs is 1. The predicted octanol–water partition coefficient (Wildman–Crippen LogP) is 2.17. The van der Waals surface area contributed by atoms with E-state index in [1.807, 2.05) is 31.2 Å². The van der Waals surface area contributed by atoms with Gasteiger partial charge in [-0.25, -0.2) is 9.97 Å². The standard InChI is InChI=1S/C14H17N3O2S/c1-2-7-15-12(14(18)19)8-20-13-10-5-3-4-6-11(10)16-9-17-13/h3-6,9,12,15H,2,7-8H2,1H3,(H,18,19). The fourth-order valence-electron chi connectivity index (χ4n) is 1.79. The summed E-state index contributed by atoms with van der Waals surface area (Å²) >= 11 is 1.44. The van der Waals surface area contributed by atoms with Gasteiger partial charge in [-0.1, -0.05) is 25.1 Å². The molecule has 1 atom stereocenters. The minimum atomic E-state index is -0.829. The molecule has 5 nitrogen and oxygen atoms in total. The largest absolute Gasteiger partial charge is 0.480 e. The van der Waals surface area contributed by atoms with Crippen LogP contribution in [0.1, 0.15) is 13.3 Å². The first kappa shape index (κ1) is 14.7. The van der Waals surface area contributed by atoms with Gasteiger partial charge in [0.1, 0.15) is 17.4 Å². The van der Waals surface area contributed by atoms with Gasteiger partial charge in [0.15, 0.2) is 0 Å². The first-order valence-electron chi connectivity index (χ1n) is 6.51. The molecule has 2 aromatic rings. The number of rotatable bonds is 7. The van der Waals surface area contributed by atoms with E-state index < -0.39 is 12.0 Å². The summed E-state index contributed by atoms with van der Waals surface area (Å²) in [6, 6.07) is 7.17. The molecule has 0 aliphatic carbocycles. The average molecular weight is 291 g/mol. The minimum absolute atomic E-state index is 0.441. The number of carbonyl (C=O) groups is 1. The lowest BCUT2D eigenvalue weighted by molar-refractivity contribution is -0.138. The molecule has 6 heteroatoms. The number of carboxylic acid groups (broad SMARTS) is 1. The number of hydrogen-bond donors (Lipinski definition) is 2. The van der Waals surface area contributed by atoms with Crippen LogP contribution in [0, 0.1) is 0 Å². The second kappa shape index (κ2) is 7.21. The molecule has 0 radical (unpaired) electrons. The summed E-state index contributed by atoms with van der Waals surface area (Å²) in [5, 5.41) is 14.0. The highest BCUT2D eigenvalue weighted by Gasteiger charge is 2.17. The van der Waals surface area contributed by atoms with Crippen molar-refractivity contribution in [3.05, 3.63) is 30.6 Å². The number of aliphatic carboxylic acids is 1. The molecule has 1 heterocycles. The maximum Gasteiger partial charge on any atom is 0.321 e. The zero-order valence-corrected chi connectivity index (χ0v) is 12.1. The van der Waals surface area contributed by atoms with Crippen LogP contribution >= 0.6 is 11.8 Å². The Kier molecular flexibility index (Phi) is 5.31. The molecular formula is C14H17N3O2S. The molecule has 20 heavy (non-hydrogen) atoms. The smallest absolute Gasteiger partial charge is 0.321 e.